The lowest BCUT2D eigenvalue weighted by Crippen LogP contribution is -2.12. The van der Waals surface area contributed by atoms with Gasteiger partial charge in [0.15, 0.2) is 5.16 Å². The number of rotatable bonds is 7. The van der Waals surface area contributed by atoms with Crippen molar-refractivity contribution in [3.8, 4) is 5.75 Å². The predicted octanol–water partition coefficient (Wildman–Crippen LogP) is 3.53. The number of anilines is 1. The second kappa shape index (κ2) is 8.53. The van der Waals surface area contributed by atoms with Crippen LogP contribution in [0.15, 0.2) is 58.8 Å². The molecule has 3 rings (SSSR count). The number of carbonyl (C=O) groups is 1. The van der Waals surface area contributed by atoms with E-state index < -0.39 is 10.8 Å². The molecular formula is C18H17N5O4S. The Kier molecular flexibility index (Phi) is 5.90. The fourth-order valence-corrected chi connectivity index (χ4v) is 3.23. The van der Waals surface area contributed by atoms with Crippen molar-refractivity contribution in [3.05, 3.63) is 64.5 Å². The normalized spacial score (nSPS) is 10.5. The van der Waals surface area contributed by atoms with Crippen LogP contribution in [0.25, 0.3) is 0 Å². The Labute approximate surface area is 164 Å². The molecule has 28 heavy (non-hydrogen) atoms. The smallest absolute Gasteiger partial charge is 0.284 e. The van der Waals surface area contributed by atoms with Crippen molar-refractivity contribution in [2.75, 3.05) is 11.9 Å². The van der Waals surface area contributed by atoms with E-state index in [1.165, 1.54) is 24.5 Å². The Morgan fingerprint density at radius 1 is 1.32 bits per heavy atom. The Morgan fingerprint density at radius 3 is 2.82 bits per heavy atom. The topological polar surface area (TPSA) is 112 Å². The van der Waals surface area contributed by atoms with Gasteiger partial charge in [0.25, 0.3) is 11.6 Å². The summed E-state index contributed by atoms with van der Waals surface area (Å²) in [6.07, 6.45) is 1.51. The van der Waals surface area contributed by atoms with Crippen LogP contribution < -0.4 is 10.1 Å². The zero-order chi connectivity index (χ0) is 20.1. The molecule has 144 valence electrons. The summed E-state index contributed by atoms with van der Waals surface area (Å²) >= 11 is 1.11. The van der Waals surface area contributed by atoms with Gasteiger partial charge in [0.2, 0.25) is 0 Å². The van der Waals surface area contributed by atoms with Crippen molar-refractivity contribution < 1.29 is 14.5 Å². The maximum absolute atomic E-state index is 12.5. The van der Waals surface area contributed by atoms with Gasteiger partial charge in [-0.1, -0.05) is 6.07 Å². The first kappa shape index (κ1) is 19.4. The number of nitrogens with zero attached hydrogens (tertiary/aromatic N) is 4. The highest BCUT2D eigenvalue weighted by Crippen LogP contribution is 2.34. The number of nitro groups is 1. The van der Waals surface area contributed by atoms with Crippen LogP contribution in [0.1, 0.15) is 17.3 Å². The zero-order valence-corrected chi connectivity index (χ0v) is 16.0. The molecule has 0 radical (unpaired) electrons. The molecule has 1 N–H and O–H groups in total. The first-order valence-corrected chi connectivity index (χ1v) is 9.14. The van der Waals surface area contributed by atoms with E-state index in [-0.39, 0.29) is 11.3 Å². The lowest BCUT2D eigenvalue weighted by molar-refractivity contribution is -0.387. The van der Waals surface area contributed by atoms with E-state index in [0.717, 1.165) is 11.8 Å². The summed E-state index contributed by atoms with van der Waals surface area (Å²) in [4.78, 5) is 23.9. The summed E-state index contributed by atoms with van der Waals surface area (Å²) in [6, 6.07) is 11.3. The average Bonchev–Trinajstić information content (AvgIpc) is 3.07. The van der Waals surface area contributed by atoms with Gasteiger partial charge in [0.05, 0.1) is 16.4 Å². The molecular weight excluding hydrogens is 382 g/mol. The van der Waals surface area contributed by atoms with Crippen LogP contribution in [0.2, 0.25) is 0 Å². The van der Waals surface area contributed by atoms with E-state index in [1.54, 1.807) is 35.9 Å². The van der Waals surface area contributed by atoms with Gasteiger partial charge >= 0.3 is 0 Å². The molecule has 0 saturated heterocycles. The molecule has 0 aliphatic heterocycles. The largest absolute Gasteiger partial charge is 0.494 e. The van der Waals surface area contributed by atoms with E-state index in [9.17, 15) is 14.9 Å². The molecule has 2 aromatic carbocycles. The summed E-state index contributed by atoms with van der Waals surface area (Å²) in [5.41, 5.74) is 0.538. The summed E-state index contributed by atoms with van der Waals surface area (Å²) in [6.45, 7) is 2.37. The molecule has 0 atom stereocenters. The van der Waals surface area contributed by atoms with Crippen molar-refractivity contribution >= 4 is 29.0 Å². The molecule has 0 saturated carbocycles. The van der Waals surface area contributed by atoms with Crippen molar-refractivity contribution in [3.63, 3.8) is 0 Å². The van der Waals surface area contributed by atoms with Crippen LogP contribution in [-0.4, -0.2) is 32.2 Å². The Balaban J connectivity index is 1.83. The minimum Gasteiger partial charge on any atom is -0.494 e. The molecule has 1 aromatic heterocycles. The highest BCUT2D eigenvalue weighted by Gasteiger charge is 2.20. The first-order valence-electron chi connectivity index (χ1n) is 8.32. The SMILES string of the molecule is CCOc1cccc(NC(=O)c2ccc(Sc3nncn3C)c([N+](=O)[O-])c2)c1. The van der Waals surface area contributed by atoms with E-state index in [0.29, 0.717) is 28.1 Å². The number of hydrogen-bond acceptors (Lipinski definition) is 7. The molecule has 0 unspecified atom stereocenters. The first-order chi connectivity index (χ1) is 13.5. The third-order valence-electron chi connectivity index (χ3n) is 3.69. The lowest BCUT2D eigenvalue weighted by atomic mass is 10.2. The Morgan fingerprint density at radius 2 is 2.14 bits per heavy atom. The van der Waals surface area contributed by atoms with Crippen LogP contribution in [-0.2, 0) is 7.05 Å². The quantitative estimate of drug-likeness (QED) is 0.478. The average molecular weight is 399 g/mol. The number of nitro benzene ring substituents is 1. The molecule has 0 fully saturated rings. The van der Waals surface area contributed by atoms with E-state index in [4.69, 9.17) is 4.74 Å². The molecule has 0 bridgehead atoms. The van der Waals surface area contributed by atoms with Crippen LogP contribution in [0, 0.1) is 10.1 Å². The lowest BCUT2D eigenvalue weighted by Gasteiger charge is -2.09. The monoisotopic (exact) mass is 399 g/mol. The van der Waals surface area contributed by atoms with Crippen molar-refractivity contribution in [1.29, 1.82) is 0 Å². The summed E-state index contributed by atoms with van der Waals surface area (Å²) in [7, 11) is 1.74. The van der Waals surface area contributed by atoms with Gasteiger partial charge in [-0.05, 0) is 43.0 Å². The van der Waals surface area contributed by atoms with Gasteiger partial charge in [-0.15, -0.1) is 10.2 Å². The van der Waals surface area contributed by atoms with Gasteiger partial charge < -0.3 is 14.6 Å². The number of benzene rings is 2. The second-order valence-corrected chi connectivity index (χ2v) is 6.69. The summed E-state index contributed by atoms with van der Waals surface area (Å²) < 4.78 is 7.06. The van der Waals surface area contributed by atoms with Gasteiger partial charge in [-0.2, -0.15) is 0 Å². The molecule has 1 amide bonds. The van der Waals surface area contributed by atoms with Crippen LogP contribution >= 0.6 is 11.8 Å². The minimum absolute atomic E-state index is 0.177. The fourth-order valence-electron chi connectivity index (χ4n) is 2.38. The molecule has 0 spiro atoms. The summed E-state index contributed by atoms with van der Waals surface area (Å²) in [5.74, 6) is 0.175. The number of amides is 1. The Hall–Kier alpha value is -3.40. The third-order valence-corrected chi connectivity index (χ3v) is 4.81. The van der Waals surface area contributed by atoms with Gasteiger partial charge in [-0.3, -0.25) is 14.9 Å². The maximum atomic E-state index is 12.5. The van der Waals surface area contributed by atoms with Crippen molar-refractivity contribution in [2.45, 2.75) is 17.0 Å². The molecule has 0 aliphatic carbocycles. The molecule has 10 heteroatoms. The highest BCUT2D eigenvalue weighted by molar-refractivity contribution is 7.99. The van der Waals surface area contributed by atoms with Gasteiger partial charge in [0, 0.05) is 30.4 Å². The second-order valence-electron chi connectivity index (χ2n) is 5.68. The number of hydrogen-bond donors (Lipinski definition) is 1. The predicted molar refractivity (Wildman–Crippen MR) is 104 cm³/mol. The third kappa shape index (κ3) is 4.46. The highest BCUT2D eigenvalue weighted by atomic mass is 32.2. The van der Waals surface area contributed by atoms with E-state index in [1.807, 2.05) is 6.92 Å². The zero-order valence-electron chi connectivity index (χ0n) is 15.2. The number of ether oxygens (including phenoxy) is 1. The number of nitrogens with one attached hydrogen (secondary N) is 1. The fraction of sp³-hybridized carbons (Fsp3) is 0.167. The molecule has 3 aromatic rings. The van der Waals surface area contributed by atoms with Gasteiger partial charge in [-0.25, -0.2) is 0 Å². The molecule has 1 heterocycles. The molecule has 0 aliphatic rings. The minimum atomic E-state index is -0.523. The van der Waals surface area contributed by atoms with Crippen molar-refractivity contribution in [2.24, 2.45) is 7.05 Å². The van der Waals surface area contributed by atoms with Crippen LogP contribution in [0.3, 0.4) is 0 Å². The number of aromatic nitrogens is 3. The maximum Gasteiger partial charge on any atom is 0.284 e. The van der Waals surface area contributed by atoms with Crippen LogP contribution in [0.4, 0.5) is 11.4 Å². The standard InChI is InChI=1S/C18H17N5O4S/c1-3-27-14-6-4-5-13(10-14)20-17(24)12-7-8-16(15(9-12)23(25)26)28-18-21-19-11-22(18)2/h4-11H,3H2,1-2H3,(H,20,24). The summed E-state index contributed by atoms with van der Waals surface area (Å²) in [5, 5.41) is 22.4. The Bertz CT molecular complexity index is 1020. The van der Waals surface area contributed by atoms with E-state index in [2.05, 4.69) is 15.5 Å². The number of carbonyl (C=O) groups excluding carboxylic acids is 1. The van der Waals surface area contributed by atoms with Gasteiger partial charge in [0.1, 0.15) is 12.1 Å². The van der Waals surface area contributed by atoms with Crippen molar-refractivity contribution in [1.82, 2.24) is 14.8 Å². The molecule has 9 nitrogen and oxygen atoms in total. The van der Waals surface area contributed by atoms with E-state index >= 15 is 0 Å². The number of aryl methyl sites for hydroxylation is 1. The van der Waals surface area contributed by atoms with Crippen LogP contribution in [0.5, 0.6) is 5.75 Å².